The van der Waals surface area contributed by atoms with E-state index in [2.05, 4.69) is 6.08 Å². The van der Waals surface area contributed by atoms with Crippen molar-refractivity contribution in [1.82, 2.24) is 0 Å². The van der Waals surface area contributed by atoms with Crippen LogP contribution in [0.2, 0.25) is 0 Å². The van der Waals surface area contributed by atoms with Gasteiger partial charge in [-0.25, -0.2) is 0 Å². The Labute approximate surface area is 157 Å². The molecule has 0 N–H and O–H groups in total. The summed E-state index contributed by atoms with van der Waals surface area (Å²) in [6.45, 7) is 1.59. The second-order valence-corrected chi connectivity index (χ2v) is 7.36. The minimum absolute atomic E-state index is 0.0643. The fourth-order valence-corrected chi connectivity index (χ4v) is 3.60. The normalized spacial score (nSPS) is 21.7. The molecule has 0 radical (unpaired) electrons. The van der Waals surface area contributed by atoms with E-state index in [9.17, 15) is 22.0 Å². The number of allylic oxidation sites excluding steroid dienone is 2. The highest BCUT2D eigenvalue weighted by Gasteiger charge is 2.35. The molecule has 1 saturated carbocycles. The smallest absolute Gasteiger partial charge is 0.316 e. The van der Waals surface area contributed by atoms with Crippen molar-refractivity contribution in [2.45, 2.75) is 70.8 Å². The summed E-state index contributed by atoms with van der Waals surface area (Å²) in [6, 6.07) is 4.11. The molecule has 0 saturated heterocycles. The fourth-order valence-electron chi connectivity index (χ4n) is 3.60. The first-order chi connectivity index (χ1) is 12.7. The lowest BCUT2D eigenvalue weighted by molar-refractivity contribution is -0.256. The molecule has 1 aromatic rings. The zero-order chi connectivity index (χ0) is 19.9. The van der Waals surface area contributed by atoms with Gasteiger partial charge in [-0.15, -0.1) is 0 Å². The molecule has 27 heavy (non-hydrogen) atoms. The monoisotopic (exact) mass is 390 g/mol. The van der Waals surface area contributed by atoms with E-state index >= 15 is 0 Å². The average Bonchev–Trinajstić information content (AvgIpc) is 2.61. The molecule has 0 heterocycles. The summed E-state index contributed by atoms with van der Waals surface area (Å²) in [5.41, 5.74) is -0.500. The van der Waals surface area contributed by atoms with Crippen LogP contribution in [0.15, 0.2) is 36.4 Å². The van der Waals surface area contributed by atoms with E-state index < -0.39 is 24.5 Å². The van der Waals surface area contributed by atoms with Crippen molar-refractivity contribution in [2.24, 2.45) is 11.8 Å². The Morgan fingerprint density at radius 2 is 1.56 bits per heavy atom. The zero-order valence-corrected chi connectivity index (χ0v) is 15.6. The van der Waals surface area contributed by atoms with E-state index in [1.165, 1.54) is 12.1 Å². The molecule has 0 aliphatic heterocycles. The van der Waals surface area contributed by atoms with Gasteiger partial charge in [0.1, 0.15) is 0 Å². The standard InChI is InChI=1S/C21H27F5O/c1-2-3-4-5-16-6-8-17(9-7-16)14-20(22,23)27-15-18-10-12-19(13-11-18)21(24,25)26/h2-3,10-13,16-17H,4-9,14-15H2,1H3/b3-2+/t16-,17-. The van der Waals surface area contributed by atoms with Gasteiger partial charge in [0.15, 0.2) is 0 Å². The van der Waals surface area contributed by atoms with Gasteiger partial charge in [-0.2, -0.15) is 22.0 Å². The molecule has 0 amide bonds. The van der Waals surface area contributed by atoms with Gasteiger partial charge in [-0.1, -0.05) is 37.1 Å². The Kier molecular flexibility index (Phi) is 7.83. The lowest BCUT2D eigenvalue weighted by atomic mass is 9.78. The minimum atomic E-state index is -4.44. The Morgan fingerprint density at radius 3 is 2.11 bits per heavy atom. The SMILES string of the molecule is C/C=C/CC[C@H]1CC[C@H](CC(F)(F)OCc2ccc(C(F)(F)F)cc2)CC1. The van der Waals surface area contributed by atoms with Crippen LogP contribution in [0.4, 0.5) is 22.0 Å². The van der Waals surface area contributed by atoms with Crippen molar-refractivity contribution in [1.29, 1.82) is 0 Å². The molecule has 1 nitrogen and oxygen atoms in total. The number of alkyl halides is 5. The Balaban J connectivity index is 1.75. The van der Waals surface area contributed by atoms with Crippen LogP contribution in [0.5, 0.6) is 0 Å². The third-order valence-corrected chi connectivity index (χ3v) is 5.20. The average molecular weight is 390 g/mol. The van der Waals surface area contributed by atoms with Crippen molar-refractivity contribution in [2.75, 3.05) is 0 Å². The van der Waals surface area contributed by atoms with E-state index in [4.69, 9.17) is 4.74 Å². The van der Waals surface area contributed by atoms with Crippen LogP contribution in [0.1, 0.15) is 63.0 Å². The summed E-state index contributed by atoms with van der Waals surface area (Å²) >= 11 is 0. The van der Waals surface area contributed by atoms with E-state index in [1.54, 1.807) is 0 Å². The first-order valence-corrected chi connectivity index (χ1v) is 9.48. The minimum Gasteiger partial charge on any atom is -0.316 e. The van der Waals surface area contributed by atoms with Crippen LogP contribution in [-0.2, 0) is 17.5 Å². The predicted octanol–water partition coefficient (Wildman–Crippen LogP) is 7.37. The van der Waals surface area contributed by atoms with Crippen LogP contribution in [0.3, 0.4) is 0 Å². The summed E-state index contributed by atoms with van der Waals surface area (Å²) in [7, 11) is 0. The molecule has 0 unspecified atom stereocenters. The lowest BCUT2D eigenvalue weighted by Gasteiger charge is -2.30. The molecular formula is C21H27F5O. The number of hydrogen-bond donors (Lipinski definition) is 0. The molecule has 0 aromatic heterocycles. The molecule has 1 aromatic carbocycles. The van der Waals surface area contributed by atoms with E-state index in [1.807, 2.05) is 13.0 Å². The van der Waals surface area contributed by atoms with Crippen LogP contribution in [-0.4, -0.2) is 6.11 Å². The number of rotatable bonds is 8. The third kappa shape index (κ3) is 7.60. The molecular weight excluding hydrogens is 363 g/mol. The first-order valence-electron chi connectivity index (χ1n) is 9.48. The molecule has 152 valence electrons. The van der Waals surface area contributed by atoms with Gasteiger partial charge in [0.05, 0.1) is 12.2 Å². The fraction of sp³-hybridized carbons (Fsp3) is 0.619. The second-order valence-electron chi connectivity index (χ2n) is 7.36. The second kappa shape index (κ2) is 9.67. The predicted molar refractivity (Wildman–Crippen MR) is 95.3 cm³/mol. The van der Waals surface area contributed by atoms with Gasteiger partial charge in [0.2, 0.25) is 0 Å². The van der Waals surface area contributed by atoms with Crippen molar-refractivity contribution in [3.05, 3.63) is 47.5 Å². The van der Waals surface area contributed by atoms with Crippen LogP contribution < -0.4 is 0 Å². The summed E-state index contributed by atoms with van der Waals surface area (Å²) in [5, 5.41) is 0. The number of halogens is 5. The Bertz CT molecular complexity index is 584. The van der Waals surface area contributed by atoms with Gasteiger partial charge >= 0.3 is 12.3 Å². The highest BCUT2D eigenvalue weighted by atomic mass is 19.4. The van der Waals surface area contributed by atoms with Crippen molar-refractivity contribution in [3.63, 3.8) is 0 Å². The highest BCUT2D eigenvalue weighted by Crippen LogP contribution is 2.38. The molecule has 0 spiro atoms. The maximum absolute atomic E-state index is 14.1. The van der Waals surface area contributed by atoms with Gasteiger partial charge < -0.3 is 4.74 Å². The summed E-state index contributed by atoms with van der Waals surface area (Å²) < 4.78 is 70.5. The Hall–Kier alpha value is -1.43. The zero-order valence-electron chi connectivity index (χ0n) is 15.6. The molecule has 1 fully saturated rings. The number of benzene rings is 1. The largest absolute Gasteiger partial charge is 0.416 e. The van der Waals surface area contributed by atoms with Crippen molar-refractivity contribution < 1.29 is 26.7 Å². The molecule has 0 bridgehead atoms. The maximum atomic E-state index is 14.1. The topological polar surface area (TPSA) is 9.23 Å². The molecule has 1 aliphatic rings. The highest BCUT2D eigenvalue weighted by molar-refractivity contribution is 5.24. The summed E-state index contributed by atoms with van der Waals surface area (Å²) in [4.78, 5) is 0. The van der Waals surface area contributed by atoms with Gasteiger partial charge in [0, 0.05) is 6.42 Å². The third-order valence-electron chi connectivity index (χ3n) is 5.20. The number of ether oxygens (including phenoxy) is 1. The van der Waals surface area contributed by atoms with Crippen LogP contribution in [0.25, 0.3) is 0 Å². The molecule has 1 aliphatic carbocycles. The van der Waals surface area contributed by atoms with Crippen molar-refractivity contribution in [3.8, 4) is 0 Å². The molecule has 2 rings (SSSR count). The van der Waals surface area contributed by atoms with E-state index in [0.717, 1.165) is 50.7 Å². The lowest BCUT2D eigenvalue weighted by Crippen LogP contribution is -2.27. The van der Waals surface area contributed by atoms with E-state index in [-0.39, 0.29) is 12.3 Å². The quantitative estimate of drug-likeness (QED) is 0.333. The summed E-state index contributed by atoms with van der Waals surface area (Å²) in [5.74, 6) is 0.546. The summed E-state index contributed by atoms with van der Waals surface area (Å²) in [6.07, 6.45) is 1.79. The van der Waals surface area contributed by atoms with E-state index in [0.29, 0.717) is 11.5 Å². The Morgan fingerprint density at radius 1 is 0.963 bits per heavy atom. The van der Waals surface area contributed by atoms with Gasteiger partial charge in [0.25, 0.3) is 0 Å². The maximum Gasteiger partial charge on any atom is 0.416 e. The molecule has 6 heteroatoms. The number of hydrogen-bond acceptors (Lipinski definition) is 1. The van der Waals surface area contributed by atoms with Gasteiger partial charge in [-0.05, 0) is 62.1 Å². The first kappa shape index (κ1) is 21.9. The van der Waals surface area contributed by atoms with Crippen LogP contribution >= 0.6 is 0 Å². The van der Waals surface area contributed by atoms with Gasteiger partial charge in [-0.3, -0.25) is 0 Å². The molecule has 0 atom stereocenters. The van der Waals surface area contributed by atoms with Crippen LogP contribution in [0, 0.1) is 11.8 Å². The van der Waals surface area contributed by atoms with Crippen molar-refractivity contribution >= 4 is 0 Å².